The second-order valence-electron chi connectivity index (χ2n) is 6.77. The Bertz CT molecular complexity index is 935. The van der Waals surface area contributed by atoms with Crippen LogP contribution in [0, 0.1) is 5.92 Å². The first-order valence-electron chi connectivity index (χ1n) is 9.09. The van der Waals surface area contributed by atoms with Crippen molar-refractivity contribution in [2.75, 3.05) is 13.1 Å². The molecule has 7 nitrogen and oxygen atoms in total. The van der Waals surface area contributed by atoms with Crippen LogP contribution < -0.4 is 11.1 Å². The van der Waals surface area contributed by atoms with E-state index in [-0.39, 0.29) is 35.4 Å². The highest BCUT2D eigenvalue weighted by Gasteiger charge is 2.32. The molecule has 2 aromatic carbocycles. The standard InChI is InChI=1S/C20H23N3O4S/c21-19(24)16-6-8-18(9-7-16)28(26,27)23-12-10-17(11-13-23)20(25)22-14-15-4-2-1-3-5-15/h1-9,17H,10-14H2,(H2,21,24)(H,22,25). The molecule has 0 radical (unpaired) electrons. The quantitative estimate of drug-likeness (QED) is 0.764. The van der Waals surface area contributed by atoms with Crippen LogP contribution in [0.1, 0.15) is 28.8 Å². The van der Waals surface area contributed by atoms with E-state index in [9.17, 15) is 18.0 Å². The molecule has 1 heterocycles. The Morgan fingerprint density at radius 1 is 1.00 bits per heavy atom. The second kappa shape index (κ2) is 8.53. The second-order valence-corrected chi connectivity index (χ2v) is 8.71. The lowest BCUT2D eigenvalue weighted by Gasteiger charge is -2.30. The van der Waals surface area contributed by atoms with E-state index in [4.69, 9.17) is 5.73 Å². The van der Waals surface area contributed by atoms with Crippen LogP contribution in [0.25, 0.3) is 0 Å². The molecule has 0 atom stereocenters. The average molecular weight is 401 g/mol. The summed E-state index contributed by atoms with van der Waals surface area (Å²) >= 11 is 0. The number of nitrogens with two attached hydrogens (primary N) is 1. The highest BCUT2D eigenvalue weighted by Crippen LogP contribution is 2.24. The van der Waals surface area contributed by atoms with Gasteiger partial charge in [0.2, 0.25) is 21.8 Å². The number of carbonyl (C=O) groups excluding carboxylic acids is 2. The lowest BCUT2D eigenvalue weighted by Crippen LogP contribution is -2.42. The molecule has 28 heavy (non-hydrogen) atoms. The van der Waals surface area contributed by atoms with E-state index >= 15 is 0 Å². The number of carbonyl (C=O) groups is 2. The Hall–Kier alpha value is -2.71. The smallest absolute Gasteiger partial charge is 0.248 e. The highest BCUT2D eigenvalue weighted by atomic mass is 32.2. The molecule has 1 fully saturated rings. The van der Waals surface area contributed by atoms with Gasteiger partial charge in [-0.15, -0.1) is 0 Å². The summed E-state index contributed by atoms with van der Waals surface area (Å²) in [5, 5.41) is 2.92. The van der Waals surface area contributed by atoms with Gasteiger partial charge in [-0.25, -0.2) is 8.42 Å². The summed E-state index contributed by atoms with van der Waals surface area (Å²) < 4.78 is 26.9. The first-order chi connectivity index (χ1) is 13.4. The minimum atomic E-state index is -3.66. The predicted octanol–water partition coefficient (Wildman–Crippen LogP) is 1.50. The molecule has 3 rings (SSSR count). The molecule has 0 saturated carbocycles. The maximum absolute atomic E-state index is 12.8. The molecule has 0 aromatic heterocycles. The largest absolute Gasteiger partial charge is 0.366 e. The molecule has 0 spiro atoms. The molecule has 1 aliphatic heterocycles. The summed E-state index contributed by atoms with van der Waals surface area (Å²) in [6, 6.07) is 15.2. The van der Waals surface area contributed by atoms with Crippen molar-refractivity contribution in [3.8, 4) is 0 Å². The molecule has 0 bridgehead atoms. The SMILES string of the molecule is NC(=O)c1ccc(S(=O)(=O)N2CCC(C(=O)NCc3ccccc3)CC2)cc1. The number of nitrogens with zero attached hydrogens (tertiary/aromatic N) is 1. The van der Waals surface area contributed by atoms with Gasteiger partial charge in [0.25, 0.3) is 0 Å². The van der Waals surface area contributed by atoms with Crippen LogP contribution in [0.4, 0.5) is 0 Å². The van der Waals surface area contributed by atoms with Crippen molar-refractivity contribution in [1.29, 1.82) is 0 Å². The fourth-order valence-electron chi connectivity index (χ4n) is 3.23. The highest BCUT2D eigenvalue weighted by molar-refractivity contribution is 7.89. The number of hydrogen-bond acceptors (Lipinski definition) is 4. The summed E-state index contributed by atoms with van der Waals surface area (Å²) in [6.07, 6.45) is 0.943. The molecular weight excluding hydrogens is 378 g/mol. The van der Waals surface area contributed by atoms with Crippen molar-refractivity contribution in [3.05, 3.63) is 65.7 Å². The first-order valence-corrected chi connectivity index (χ1v) is 10.5. The van der Waals surface area contributed by atoms with Crippen LogP contribution in [0.15, 0.2) is 59.5 Å². The van der Waals surface area contributed by atoms with Crippen LogP contribution in [-0.4, -0.2) is 37.6 Å². The zero-order chi connectivity index (χ0) is 20.1. The van der Waals surface area contributed by atoms with E-state index in [2.05, 4.69) is 5.32 Å². The number of sulfonamides is 1. The van der Waals surface area contributed by atoms with Gasteiger partial charge in [-0.05, 0) is 42.7 Å². The summed E-state index contributed by atoms with van der Waals surface area (Å²) in [5.41, 5.74) is 6.46. The van der Waals surface area contributed by atoms with Gasteiger partial charge in [-0.1, -0.05) is 30.3 Å². The molecule has 1 saturated heterocycles. The lowest BCUT2D eigenvalue weighted by molar-refractivity contribution is -0.126. The van der Waals surface area contributed by atoms with Crippen molar-refractivity contribution < 1.29 is 18.0 Å². The molecular formula is C20H23N3O4S. The number of rotatable bonds is 6. The van der Waals surface area contributed by atoms with E-state index in [0.29, 0.717) is 19.4 Å². The number of hydrogen-bond donors (Lipinski definition) is 2. The molecule has 0 unspecified atom stereocenters. The van der Waals surface area contributed by atoms with Crippen LogP contribution in [0.2, 0.25) is 0 Å². The van der Waals surface area contributed by atoms with Crippen LogP contribution >= 0.6 is 0 Å². The molecule has 1 aliphatic rings. The number of piperidine rings is 1. The van der Waals surface area contributed by atoms with Gasteiger partial charge in [0.15, 0.2) is 0 Å². The molecule has 0 aliphatic carbocycles. The van der Waals surface area contributed by atoms with Crippen molar-refractivity contribution >= 4 is 21.8 Å². The third-order valence-corrected chi connectivity index (χ3v) is 6.82. The lowest BCUT2D eigenvalue weighted by atomic mass is 9.97. The van der Waals surface area contributed by atoms with Crippen LogP contribution in [-0.2, 0) is 21.4 Å². The van der Waals surface area contributed by atoms with Crippen LogP contribution in [0.3, 0.4) is 0 Å². The molecule has 148 valence electrons. The maximum Gasteiger partial charge on any atom is 0.248 e. The number of primary amides is 1. The van der Waals surface area contributed by atoms with Crippen molar-refractivity contribution in [2.24, 2.45) is 11.7 Å². The molecule has 2 aromatic rings. The van der Waals surface area contributed by atoms with E-state index in [0.717, 1.165) is 5.56 Å². The van der Waals surface area contributed by atoms with Gasteiger partial charge in [-0.3, -0.25) is 9.59 Å². The van der Waals surface area contributed by atoms with Gasteiger partial charge < -0.3 is 11.1 Å². The Balaban J connectivity index is 1.56. The first kappa shape index (κ1) is 20.0. The monoisotopic (exact) mass is 401 g/mol. The van der Waals surface area contributed by atoms with Crippen LogP contribution in [0.5, 0.6) is 0 Å². The van der Waals surface area contributed by atoms with E-state index in [1.54, 1.807) is 0 Å². The van der Waals surface area contributed by atoms with Gasteiger partial charge in [0.1, 0.15) is 0 Å². The molecule has 3 N–H and O–H groups in total. The van der Waals surface area contributed by atoms with E-state index in [1.807, 2.05) is 30.3 Å². The Kier molecular flexibility index (Phi) is 6.11. The number of amides is 2. The minimum absolute atomic E-state index is 0.0493. The summed E-state index contributed by atoms with van der Waals surface area (Å²) in [7, 11) is -3.66. The Morgan fingerprint density at radius 2 is 1.61 bits per heavy atom. The zero-order valence-corrected chi connectivity index (χ0v) is 16.2. The van der Waals surface area contributed by atoms with Gasteiger partial charge in [0, 0.05) is 31.1 Å². The maximum atomic E-state index is 12.8. The van der Waals surface area contributed by atoms with E-state index in [1.165, 1.54) is 28.6 Å². The average Bonchev–Trinajstić information content (AvgIpc) is 2.73. The number of benzene rings is 2. The van der Waals surface area contributed by atoms with Gasteiger partial charge in [-0.2, -0.15) is 4.31 Å². The Morgan fingerprint density at radius 3 is 2.18 bits per heavy atom. The molecule has 8 heteroatoms. The van der Waals surface area contributed by atoms with Gasteiger partial charge in [0.05, 0.1) is 4.90 Å². The summed E-state index contributed by atoms with van der Waals surface area (Å²) in [5.74, 6) is -0.856. The summed E-state index contributed by atoms with van der Waals surface area (Å²) in [6.45, 7) is 1.02. The topological polar surface area (TPSA) is 110 Å². The third kappa shape index (κ3) is 4.58. The third-order valence-electron chi connectivity index (χ3n) is 4.91. The molecule has 2 amide bonds. The normalized spacial score (nSPS) is 15.9. The fraction of sp³-hybridized carbons (Fsp3) is 0.300. The fourth-order valence-corrected chi connectivity index (χ4v) is 4.70. The Labute approximate surface area is 164 Å². The minimum Gasteiger partial charge on any atom is -0.366 e. The zero-order valence-electron chi connectivity index (χ0n) is 15.4. The van der Waals surface area contributed by atoms with E-state index < -0.39 is 15.9 Å². The predicted molar refractivity (Wildman–Crippen MR) is 105 cm³/mol. The van der Waals surface area contributed by atoms with Crippen molar-refractivity contribution in [1.82, 2.24) is 9.62 Å². The number of nitrogens with one attached hydrogen (secondary N) is 1. The van der Waals surface area contributed by atoms with Crippen molar-refractivity contribution in [2.45, 2.75) is 24.3 Å². The van der Waals surface area contributed by atoms with Crippen molar-refractivity contribution in [3.63, 3.8) is 0 Å². The summed E-state index contributed by atoms with van der Waals surface area (Å²) in [4.78, 5) is 23.6. The van der Waals surface area contributed by atoms with Gasteiger partial charge >= 0.3 is 0 Å².